The van der Waals surface area contributed by atoms with E-state index in [1.54, 1.807) is 0 Å². The van der Waals surface area contributed by atoms with Crippen LogP contribution in [0.1, 0.15) is 0 Å². The Hall–Kier alpha value is -0.786. The molecule has 0 unspecified atom stereocenters. The highest BCUT2D eigenvalue weighted by atomic mass is 28.3. The Bertz CT molecular complexity index is 392. The molecule has 0 radical (unpaired) electrons. The van der Waals surface area contributed by atoms with Crippen LogP contribution in [0.4, 0.5) is 0 Å². The van der Waals surface area contributed by atoms with E-state index in [-0.39, 0.29) is 0 Å². The van der Waals surface area contributed by atoms with Gasteiger partial charge in [0.2, 0.25) is 0 Å². The third-order valence-electron chi connectivity index (χ3n) is 2.81. The Balaban J connectivity index is 3.22. The summed E-state index contributed by atoms with van der Waals surface area (Å²) in [5.41, 5.74) is 2.99. The van der Waals surface area contributed by atoms with Gasteiger partial charge in [0.05, 0.1) is 8.07 Å². The van der Waals surface area contributed by atoms with Gasteiger partial charge < -0.3 is 0 Å². The molecule has 0 saturated heterocycles. The third-order valence-corrected chi connectivity index (χ3v) is 7.33. The van der Waals surface area contributed by atoms with Crippen LogP contribution < -0.4 is 10.4 Å². The average Bonchev–Trinajstić information content (AvgIpc) is 2.17. The standard InChI is InChI=1S/C13H20Si2/c1-7-15(5,6)13-10-8-9-12(11-13)14(2,3)4/h1,8-11H,2-6H3. The number of hydrogen-bond donors (Lipinski definition) is 0. The van der Waals surface area contributed by atoms with E-state index in [9.17, 15) is 0 Å². The van der Waals surface area contributed by atoms with Crippen LogP contribution >= 0.6 is 0 Å². The minimum Gasteiger partial charge on any atom is -0.129 e. The van der Waals surface area contributed by atoms with Gasteiger partial charge in [-0.2, -0.15) is 0 Å². The van der Waals surface area contributed by atoms with E-state index in [0.29, 0.717) is 0 Å². The maximum atomic E-state index is 5.62. The molecule has 80 valence electrons. The molecule has 0 amide bonds. The van der Waals surface area contributed by atoms with Gasteiger partial charge in [-0.15, -0.1) is 12.0 Å². The van der Waals surface area contributed by atoms with E-state index in [1.807, 2.05) is 0 Å². The molecule has 0 aliphatic rings. The molecule has 0 spiro atoms. The highest BCUT2D eigenvalue weighted by Gasteiger charge is 2.23. The number of rotatable bonds is 2. The zero-order valence-electron chi connectivity index (χ0n) is 10.4. The predicted octanol–water partition coefficient (Wildman–Crippen LogP) is 2.32. The molecule has 1 aromatic carbocycles. The van der Waals surface area contributed by atoms with Crippen molar-refractivity contribution in [3.63, 3.8) is 0 Å². The molecule has 0 aromatic heterocycles. The van der Waals surface area contributed by atoms with Gasteiger partial charge in [0.25, 0.3) is 0 Å². The van der Waals surface area contributed by atoms with Crippen LogP contribution in [-0.4, -0.2) is 16.1 Å². The minimum atomic E-state index is -1.61. The summed E-state index contributed by atoms with van der Waals surface area (Å²) in [6.45, 7) is 11.6. The maximum absolute atomic E-state index is 5.62. The van der Waals surface area contributed by atoms with Crippen LogP contribution in [-0.2, 0) is 0 Å². The van der Waals surface area contributed by atoms with Crippen LogP contribution in [0.3, 0.4) is 0 Å². The second kappa shape index (κ2) is 3.99. The normalized spacial score (nSPS) is 12.3. The van der Waals surface area contributed by atoms with E-state index in [2.05, 4.69) is 62.5 Å². The quantitative estimate of drug-likeness (QED) is 0.542. The Morgan fingerprint density at radius 3 is 2.00 bits per heavy atom. The summed E-state index contributed by atoms with van der Waals surface area (Å²) in [5, 5.41) is 2.90. The fourth-order valence-electron chi connectivity index (χ4n) is 1.46. The molecule has 0 bridgehead atoms. The molecule has 1 aromatic rings. The highest BCUT2D eigenvalue weighted by molar-refractivity contribution is 6.97. The smallest absolute Gasteiger partial charge is 0.129 e. The molecule has 0 fully saturated rings. The topological polar surface area (TPSA) is 0 Å². The van der Waals surface area contributed by atoms with Crippen LogP contribution in [0.5, 0.6) is 0 Å². The molecule has 0 atom stereocenters. The van der Waals surface area contributed by atoms with Crippen molar-refractivity contribution in [2.45, 2.75) is 32.7 Å². The van der Waals surface area contributed by atoms with Crippen LogP contribution in [0.2, 0.25) is 32.7 Å². The fourth-order valence-corrected chi connectivity index (χ4v) is 3.98. The molecular formula is C13H20Si2. The Morgan fingerprint density at radius 2 is 1.53 bits per heavy atom. The SMILES string of the molecule is C#C[Si](C)(C)c1cccc([Si](C)(C)C)c1. The monoisotopic (exact) mass is 232 g/mol. The van der Waals surface area contributed by atoms with Gasteiger partial charge in [0.15, 0.2) is 8.07 Å². The van der Waals surface area contributed by atoms with Crippen molar-refractivity contribution >= 4 is 26.5 Å². The van der Waals surface area contributed by atoms with E-state index in [4.69, 9.17) is 6.42 Å². The first-order valence-electron chi connectivity index (χ1n) is 5.36. The van der Waals surface area contributed by atoms with E-state index < -0.39 is 16.1 Å². The Labute approximate surface area is 95.7 Å². The van der Waals surface area contributed by atoms with Crippen LogP contribution in [0, 0.1) is 12.0 Å². The largest absolute Gasteiger partial charge is 0.162 e. The zero-order valence-corrected chi connectivity index (χ0v) is 12.4. The third kappa shape index (κ3) is 2.83. The Morgan fingerprint density at radius 1 is 1.00 bits per heavy atom. The highest BCUT2D eigenvalue weighted by Crippen LogP contribution is 2.04. The van der Waals surface area contributed by atoms with Crippen LogP contribution in [0.15, 0.2) is 24.3 Å². The Kier molecular flexibility index (Phi) is 3.27. The molecule has 0 nitrogen and oxygen atoms in total. The van der Waals surface area contributed by atoms with E-state index >= 15 is 0 Å². The minimum absolute atomic E-state index is 1.20. The second-order valence-electron chi connectivity index (χ2n) is 5.60. The molecule has 0 saturated carbocycles. The summed E-state index contributed by atoms with van der Waals surface area (Å²) in [5.74, 6) is 0. The summed E-state index contributed by atoms with van der Waals surface area (Å²) in [4.78, 5) is 0. The first kappa shape index (κ1) is 12.3. The van der Waals surface area contributed by atoms with Gasteiger partial charge in [-0.25, -0.2) is 0 Å². The van der Waals surface area contributed by atoms with Crippen molar-refractivity contribution in [1.82, 2.24) is 0 Å². The summed E-state index contributed by atoms with van der Waals surface area (Å²) in [7, 11) is -2.82. The fraction of sp³-hybridized carbons (Fsp3) is 0.385. The molecule has 0 N–H and O–H groups in total. The van der Waals surface area contributed by atoms with Crippen molar-refractivity contribution in [1.29, 1.82) is 0 Å². The molecule has 15 heavy (non-hydrogen) atoms. The van der Waals surface area contributed by atoms with Crippen molar-refractivity contribution < 1.29 is 0 Å². The van der Waals surface area contributed by atoms with Gasteiger partial charge in [-0.05, 0) is 5.19 Å². The first-order chi connectivity index (χ1) is 6.77. The number of benzene rings is 1. The maximum Gasteiger partial charge on any atom is 0.162 e. The first-order valence-corrected chi connectivity index (χ1v) is 11.9. The van der Waals surface area contributed by atoms with Crippen LogP contribution in [0.25, 0.3) is 0 Å². The van der Waals surface area contributed by atoms with Crippen molar-refractivity contribution in [3.8, 4) is 12.0 Å². The number of hydrogen-bond acceptors (Lipinski definition) is 0. The van der Waals surface area contributed by atoms with Crippen molar-refractivity contribution in [3.05, 3.63) is 24.3 Å². The molecule has 0 aliphatic carbocycles. The lowest BCUT2D eigenvalue weighted by atomic mass is 10.4. The van der Waals surface area contributed by atoms with E-state index in [0.717, 1.165) is 0 Å². The second-order valence-corrected chi connectivity index (χ2v) is 14.8. The van der Waals surface area contributed by atoms with Gasteiger partial charge in [-0.1, -0.05) is 62.2 Å². The molecule has 2 heteroatoms. The van der Waals surface area contributed by atoms with E-state index in [1.165, 1.54) is 10.4 Å². The summed E-state index contributed by atoms with van der Waals surface area (Å²) in [6, 6.07) is 8.94. The average molecular weight is 232 g/mol. The molecule has 0 heterocycles. The zero-order chi connectivity index (χ0) is 11.7. The van der Waals surface area contributed by atoms with Gasteiger partial charge in [0.1, 0.15) is 0 Å². The summed E-state index contributed by atoms with van der Waals surface area (Å²) in [6.07, 6.45) is 5.62. The molecule has 0 aliphatic heterocycles. The lowest BCUT2D eigenvalue weighted by Crippen LogP contribution is -2.45. The van der Waals surface area contributed by atoms with Gasteiger partial charge in [-0.3, -0.25) is 0 Å². The van der Waals surface area contributed by atoms with Crippen molar-refractivity contribution in [2.24, 2.45) is 0 Å². The molecular weight excluding hydrogens is 212 g/mol. The molecule has 1 rings (SSSR count). The number of terminal acetylenes is 1. The lowest BCUT2D eigenvalue weighted by Gasteiger charge is -2.21. The summed E-state index contributed by atoms with van der Waals surface area (Å²) < 4.78 is 0. The lowest BCUT2D eigenvalue weighted by molar-refractivity contribution is 1.69. The summed E-state index contributed by atoms with van der Waals surface area (Å²) >= 11 is 0. The van der Waals surface area contributed by atoms with Crippen molar-refractivity contribution in [2.75, 3.05) is 0 Å². The van der Waals surface area contributed by atoms with Gasteiger partial charge in [0, 0.05) is 0 Å². The predicted molar refractivity (Wildman–Crippen MR) is 75.4 cm³/mol. The van der Waals surface area contributed by atoms with Gasteiger partial charge >= 0.3 is 0 Å².